The van der Waals surface area contributed by atoms with Crippen molar-refractivity contribution in [2.24, 2.45) is 15.3 Å². The van der Waals surface area contributed by atoms with E-state index in [1.54, 1.807) is 0 Å². The Balaban J connectivity index is -0.000000101. The molecule has 0 aliphatic carbocycles. The van der Waals surface area contributed by atoms with Gasteiger partial charge in [-0.15, -0.1) is 0 Å². The van der Waals surface area contributed by atoms with E-state index in [1.807, 2.05) is 0 Å². The van der Waals surface area contributed by atoms with E-state index in [0.29, 0.717) is 0 Å². The Morgan fingerprint density at radius 2 is 1.08 bits per heavy atom. The van der Waals surface area contributed by atoms with Gasteiger partial charge >= 0.3 is 0 Å². The van der Waals surface area contributed by atoms with Gasteiger partial charge in [-0.2, -0.15) is 0 Å². The van der Waals surface area contributed by atoms with E-state index < -0.39 is 0 Å². The second-order valence-corrected chi connectivity index (χ2v) is 0.879. The molecular formula is C3H10N9+. The van der Waals surface area contributed by atoms with Gasteiger partial charge in [0.15, 0.2) is 0 Å². The molecule has 0 heterocycles. The van der Waals surface area contributed by atoms with Gasteiger partial charge in [0, 0.05) is 23.9 Å². The molecule has 66 valence electrons. The molecule has 0 unspecified atom stereocenters. The first-order chi connectivity index (χ1) is 5.74. The van der Waals surface area contributed by atoms with Crippen LogP contribution in [0.5, 0.6) is 0 Å². The maximum absolute atomic E-state index is 7.33. The summed E-state index contributed by atoms with van der Waals surface area (Å²) in [6.07, 6.45) is 0. The first-order valence-corrected chi connectivity index (χ1v) is 2.57. The summed E-state index contributed by atoms with van der Waals surface area (Å²) in [5.74, 6) is 0. The zero-order valence-electron chi connectivity index (χ0n) is 7.08. The Morgan fingerprint density at radius 3 is 1.08 bits per heavy atom. The summed E-state index contributed by atoms with van der Waals surface area (Å²) in [5, 5.41) is 8.86. The third kappa shape index (κ3) is 440. The van der Waals surface area contributed by atoms with Crippen LogP contribution in [0.1, 0.15) is 0 Å². The lowest BCUT2D eigenvalue weighted by Gasteiger charge is -1.35. The van der Waals surface area contributed by atoms with Gasteiger partial charge in [0.25, 0.3) is 0 Å². The number of hydrogen-bond donors (Lipinski definition) is 1. The number of nitrogens with zero attached hydrogens (tertiary/aromatic N) is 8. The SMILES string of the molecule is CN=[N+]=N.CN=[N+]=[N-].CN=[N+]=[N-]. The van der Waals surface area contributed by atoms with Crippen molar-refractivity contribution in [1.29, 1.82) is 5.53 Å². The van der Waals surface area contributed by atoms with Crippen LogP contribution in [-0.2, 0) is 0 Å². The molecule has 0 radical (unpaired) electrons. The largest absolute Gasteiger partial charge is 0.213 e. The molecule has 1 N–H and O–H groups in total. The van der Waals surface area contributed by atoms with Crippen LogP contribution in [-0.4, -0.2) is 21.1 Å². The van der Waals surface area contributed by atoms with Crippen LogP contribution in [0.15, 0.2) is 15.3 Å². The van der Waals surface area contributed by atoms with Gasteiger partial charge in [-0.25, -0.2) is 0 Å². The van der Waals surface area contributed by atoms with Gasteiger partial charge in [0.2, 0.25) is 4.91 Å². The van der Waals surface area contributed by atoms with Gasteiger partial charge in [0.05, 0.1) is 0 Å². The van der Waals surface area contributed by atoms with E-state index in [1.165, 1.54) is 21.1 Å². The van der Waals surface area contributed by atoms with Crippen molar-refractivity contribution in [3.63, 3.8) is 0 Å². The average molecular weight is 172 g/mol. The summed E-state index contributed by atoms with van der Waals surface area (Å²) in [6, 6.07) is 0. The van der Waals surface area contributed by atoms with Crippen molar-refractivity contribution in [1.82, 2.24) is 4.91 Å². The molecule has 0 aromatic rings. The van der Waals surface area contributed by atoms with E-state index >= 15 is 0 Å². The normalized spacial score (nSPS) is 4.25. The van der Waals surface area contributed by atoms with Crippen LogP contribution in [0.4, 0.5) is 0 Å². The van der Waals surface area contributed by atoms with Crippen LogP contribution in [0.25, 0.3) is 20.9 Å². The second kappa shape index (κ2) is 36.4. The van der Waals surface area contributed by atoms with Crippen molar-refractivity contribution in [3.8, 4) is 0 Å². The zero-order chi connectivity index (χ0) is 10.2. The van der Waals surface area contributed by atoms with E-state index in [0.717, 1.165) is 0 Å². The lowest BCUT2D eigenvalue weighted by molar-refractivity contribution is 0.960. The molecule has 12 heavy (non-hydrogen) atoms. The third-order valence-electron chi connectivity index (χ3n) is 0.279. The highest BCUT2D eigenvalue weighted by Crippen LogP contribution is 1.46. The van der Waals surface area contributed by atoms with E-state index in [2.05, 4.69) is 30.1 Å². The van der Waals surface area contributed by atoms with E-state index in [4.69, 9.17) is 16.6 Å². The lowest BCUT2D eigenvalue weighted by Crippen LogP contribution is -1.43. The van der Waals surface area contributed by atoms with Crippen LogP contribution in [0.3, 0.4) is 0 Å². The predicted molar refractivity (Wildman–Crippen MR) is 43.3 cm³/mol. The van der Waals surface area contributed by atoms with Crippen LogP contribution < -0.4 is 4.91 Å². The maximum Gasteiger partial charge on any atom is 0.213 e. The minimum atomic E-state index is 1.39. The highest BCUT2D eigenvalue weighted by molar-refractivity contribution is 4.30. The standard InChI is InChI=1S/CH4N3.2CH3N3/c3*1-3-4-2/h2H,1H3;2*1H3/q+1;;. The summed E-state index contributed by atoms with van der Waals surface area (Å²) in [4.78, 5) is 7.33. The number of azide groups is 2. The molecule has 0 aromatic carbocycles. The lowest BCUT2D eigenvalue weighted by atomic mass is 11.6. The third-order valence-corrected chi connectivity index (χ3v) is 0.279. The minimum Gasteiger partial charge on any atom is -0.0973 e. The zero-order valence-corrected chi connectivity index (χ0v) is 7.08. The minimum absolute atomic E-state index is 1.39. The molecule has 0 aliphatic rings. The molecule has 0 spiro atoms. The molecule has 0 bridgehead atoms. The fraction of sp³-hybridized carbons (Fsp3) is 1.00. The van der Waals surface area contributed by atoms with Gasteiger partial charge in [-0.05, 0) is 11.1 Å². The van der Waals surface area contributed by atoms with E-state index in [9.17, 15) is 0 Å². The summed E-state index contributed by atoms with van der Waals surface area (Å²) in [5.41, 5.74) is 20.6. The predicted octanol–water partition coefficient (Wildman–Crippen LogP) is 2.02. The van der Waals surface area contributed by atoms with Gasteiger partial charge < -0.3 is 0 Å². The summed E-state index contributed by atoms with van der Waals surface area (Å²) in [6.45, 7) is 0. The molecule has 0 atom stereocenters. The fourth-order valence-corrected chi connectivity index (χ4v) is 0. The Hall–Kier alpha value is -2.07. The number of nitrogens with one attached hydrogen (secondary N) is 1. The molecule has 9 heteroatoms. The van der Waals surface area contributed by atoms with Crippen LogP contribution >= 0.6 is 0 Å². The number of hydrogen-bond acceptors (Lipinski definition) is 4. The molecular weight excluding hydrogens is 162 g/mol. The van der Waals surface area contributed by atoms with Crippen molar-refractivity contribution < 1.29 is 0 Å². The molecule has 0 aliphatic heterocycles. The molecule has 9 nitrogen and oxygen atoms in total. The topological polar surface area (TPSA) is 148 Å². The first kappa shape index (κ1) is 16.5. The van der Waals surface area contributed by atoms with Crippen molar-refractivity contribution in [2.75, 3.05) is 21.1 Å². The molecule has 0 fully saturated rings. The highest BCUT2D eigenvalue weighted by atomic mass is 15.1. The molecule has 0 amide bonds. The molecule has 0 saturated carbocycles. The van der Waals surface area contributed by atoms with Crippen LogP contribution in [0, 0.1) is 5.53 Å². The monoisotopic (exact) mass is 172 g/mol. The summed E-state index contributed by atoms with van der Waals surface area (Å²) in [7, 11) is 4.23. The van der Waals surface area contributed by atoms with E-state index in [-0.39, 0.29) is 0 Å². The van der Waals surface area contributed by atoms with Crippen LogP contribution in [0.2, 0.25) is 0 Å². The van der Waals surface area contributed by atoms with Crippen molar-refractivity contribution in [3.05, 3.63) is 20.9 Å². The average Bonchev–Trinajstić information content (AvgIpc) is 2.18. The molecule has 0 aromatic heterocycles. The Morgan fingerprint density at radius 1 is 0.917 bits per heavy atom. The molecule has 0 saturated heterocycles. The Labute approximate surface area is 68.9 Å². The number of rotatable bonds is 0. The fourth-order valence-electron chi connectivity index (χ4n) is 0. The summed E-state index contributed by atoms with van der Waals surface area (Å²) < 4.78 is 0. The Kier molecular flexibility index (Phi) is 50.0. The highest BCUT2D eigenvalue weighted by Gasteiger charge is 1.45. The maximum atomic E-state index is 7.33. The van der Waals surface area contributed by atoms with Gasteiger partial charge in [-0.1, -0.05) is 10.2 Å². The van der Waals surface area contributed by atoms with Crippen molar-refractivity contribution in [2.45, 2.75) is 0 Å². The smallest absolute Gasteiger partial charge is 0.0973 e. The second-order valence-electron chi connectivity index (χ2n) is 0.879. The first-order valence-electron chi connectivity index (χ1n) is 2.57. The van der Waals surface area contributed by atoms with Gasteiger partial charge in [0.1, 0.15) is 17.7 Å². The quantitative estimate of drug-likeness (QED) is 0.323. The van der Waals surface area contributed by atoms with Crippen molar-refractivity contribution >= 4 is 0 Å². The van der Waals surface area contributed by atoms with Gasteiger partial charge in [-0.3, -0.25) is 0 Å². The summed E-state index contributed by atoms with van der Waals surface area (Å²) >= 11 is 0. The molecule has 0 rings (SSSR count). The Bertz CT molecular complexity index is 162.